The fourth-order valence-corrected chi connectivity index (χ4v) is 2.72. The average Bonchev–Trinajstić information content (AvgIpc) is 2.55. The second-order valence-corrected chi connectivity index (χ2v) is 5.46. The maximum atomic E-state index is 12.3. The maximum absolute atomic E-state index is 12.3. The second kappa shape index (κ2) is 6.04. The van der Waals surface area contributed by atoms with Crippen LogP contribution in [0.4, 0.5) is 0 Å². The number of nitrogens with zero attached hydrogens (tertiary/aromatic N) is 2. The Balaban J connectivity index is 1.72. The van der Waals surface area contributed by atoms with Crippen molar-refractivity contribution in [3.63, 3.8) is 0 Å². The molecule has 1 saturated heterocycles. The molecule has 0 bridgehead atoms. The van der Waals surface area contributed by atoms with E-state index in [1.54, 1.807) is 11.1 Å². The molecular formula is C17H18N2O2. The highest BCUT2D eigenvalue weighted by Crippen LogP contribution is 2.15. The number of benzene rings is 1. The molecule has 108 valence electrons. The Kier molecular flexibility index (Phi) is 3.95. The highest BCUT2D eigenvalue weighted by molar-refractivity contribution is 6.08. The number of amides is 1. The SMILES string of the molecule is O=C(CC(=O)N1CCCCC1)c1cnc2ccccc2c1. The molecule has 1 aliphatic heterocycles. The van der Waals surface area contributed by atoms with Crippen LogP contribution in [0.3, 0.4) is 0 Å². The van der Waals surface area contributed by atoms with Crippen LogP contribution in [0.25, 0.3) is 10.9 Å². The molecule has 0 spiro atoms. The molecule has 0 N–H and O–H groups in total. The molecule has 1 aliphatic rings. The number of likely N-dealkylation sites (tertiary alicyclic amines) is 1. The zero-order chi connectivity index (χ0) is 14.7. The Hall–Kier alpha value is -2.23. The summed E-state index contributed by atoms with van der Waals surface area (Å²) in [6.07, 6.45) is 4.76. The molecule has 1 aromatic heterocycles. The van der Waals surface area contributed by atoms with Gasteiger partial charge in [-0.2, -0.15) is 0 Å². The van der Waals surface area contributed by atoms with Gasteiger partial charge in [-0.3, -0.25) is 14.6 Å². The first-order valence-electron chi connectivity index (χ1n) is 7.40. The van der Waals surface area contributed by atoms with Gasteiger partial charge in [0.25, 0.3) is 0 Å². The van der Waals surface area contributed by atoms with E-state index in [-0.39, 0.29) is 18.1 Å². The van der Waals surface area contributed by atoms with Crippen LogP contribution >= 0.6 is 0 Å². The van der Waals surface area contributed by atoms with Gasteiger partial charge in [0, 0.05) is 30.2 Å². The molecule has 3 rings (SSSR count). The first-order chi connectivity index (χ1) is 10.2. The van der Waals surface area contributed by atoms with Crippen molar-refractivity contribution in [2.24, 2.45) is 0 Å². The molecule has 0 saturated carbocycles. The third-order valence-electron chi connectivity index (χ3n) is 3.93. The molecule has 0 aliphatic carbocycles. The van der Waals surface area contributed by atoms with Crippen molar-refractivity contribution in [3.8, 4) is 0 Å². The summed E-state index contributed by atoms with van der Waals surface area (Å²) in [5, 5.41) is 0.925. The van der Waals surface area contributed by atoms with Gasteiger partial charge in [0.1, 0.15) is 0 Å². The number of rotatable bonds is 3. The van der Waals surface area contributed by atoms with E-state index in [0.717, 1.165) is 36.8 Å². The minimum atomic E-state index is -0.149. The number of hydrogen-bond donors (Lipinski definition) is 0. The molecule has 1 fully saturated rings. The van der Waals surface area contributed by atoms with E-state index in [4.69, 9.17) is 0 Å². The van der Waals surface area contributed by atoms with Gasteiger partial charge in [-0.05, 0) is 31.4 Å². The van der Waals surface area contributed by atoms with Gasteiger partial charge in [-0.1, -0.05) is 18.2 Å². The Bertz CT molecular complexity index is 675. The van der Waals surface area contributed by atoms with E-state index in [1.807, 2.05) is 30.3 Å². The summed E-state index contributed by atoms with van der Waals surface area (Å²) >= 11 is 0. The number of para-hydroxylation sites is 1. The standard InChI is InChI=1S/C17H18N2O2/c20-16(11-17(21)19-8-4-1-5-9-19)14-10-13-6-2-3-7-15(13)18-12-14/h2-3,6-7,10,12H,1,4-5,8-9,11H2. The van der Waals surface area contributed by atoms with Gasteiger partial charge in [0.05, 0.1) is 11.9 Å². The quantitative estimate of drug-likeness (QED) is 0.642. The van der Waals surface area contributed by atoms with Gasteiger partial charge in [0.2, 0.25) is 5.91 Å². The molecule has 1 aromatic carbocycles. The molecule has 0 atom stereocenters. The molecule has 1 amide bonds. The van der Waals surface area contributed by atoms with Crippen molar-refractivity contribution in [3.05, 3.63) is 42.1 Å². The summed E-state index contributed by atoms with van der Waals surface area (Å²) in [5.74, 6) is -0.211. The molecule has 21 heavy (non-hydrogen) atoms. The number of carbonyl (C=O) groups is 2. The van der Waals surface area contributed by atoms with Crippen molar-refractivity contribution in [2.75, 3.05) is 13.1 Å². The van der Waals surface area contributed by atoms with Crippen LogP contribution in [0.1, 0.15) is 36.0 Å². The normalized spacial score (nSPS) is 15.1. The van der Waals surface area contributed by atoms with Gasteiger partial charge in [-0.25, -0.2) is 0 Å². The van der Waals surface area contributed by atoms with Gasteiger partial charge in [-0.15, -0.1) is 0 Å². The smallest absolute Gasteiger partial charge is 0.230 e. The van der Waals surface area contributed by atoms with Gasteiger partial charge in [0.15, 0.2) is 5.78 Å². The van der Waals surface area contributed by atoms with Gasteiger partial charge >= 0.3 is 0 Å². The Labute approximate surface area is 123 Å². The summed E-state index contributed by atoms with van der Waals surface area (Å²) in [5.41, 5.74) is 1.37. The minimum Gasteiger partial charge on any atom is -0.342 e. The number of piperidine rings is 1. The third kappa shape index (κ3) is 3.10. The number of fused-ring (bicyclic) bond motifs is 1. The van der Waals surface area contributed by atoms with Crippen molar-refractivity contribution >= 4 is 22.6 Å². The molecule has 0 radical (unpaired) electrons. The fourth-order valence-electron chi connectivity index (χ4n) is 2.72. The summed E-state index contributed by atoms with van der Waals surface area (Å²) in [7, 11) is 0. The summed E-state index contributed by atoms with van der Waals surface area (Å²) in [6, 6.07) is 9.47. The van der Waals surface area contributed by atoms with Crippen LogP contribution in [0, 0.1) is 0 Å². The number of carbonyl (C=O) groups excluding carboxylic acids is 2. The summed E-state index contributed by atoms with van der Waals surface area (Å²) < 4.78 is 0. The summed E-state index contributed by atoms with van der Waals surface area (Å²) in [6.45, 7) is 1.56. The highest BCUT2D eigenvalue weighted by atomic mass is 16.2. The van der Waals surface area contributed by atoms with Crippen molar-refractivity contribution in [1.82, 2.24) is 9.88 Å². The topological polar surface area (TPSA) is 50.3 Å². The molecular weight excluding hydrogens is 264 g/mol. The van der Waals surface area contributed by atoms with Crippen LogP contribution in [0.5, 0.6) is 0 Å². The number of pyridine rings is 1. The first-order valence-corrected chi connectivity index (χ1v) is 7.40. The fraction of sp³-hybridized carbons (Fsp3) is 0.353. The van der Waals surface area contributed by atoms with E-state index in [0.29, 0.717) is 5.56 Å². The number of Topliss-reactive ketones (excluding diaryl/α,β-unsaturated/α-hetero) is 1. The van der Waals surface area contributed by atoms with E-state index in [2.05, 4.69) is 4.98 Å². The zero-order valence-electron chi connectivity index (χ0n) is 11.9. The first kappa shape index (κ1) is 13.7. The Morgan fingerprint density at radius 3 is 2.67 bits per heavy atom. The van der Waals surface area contributed by atoms with Gasteiger partial charge < -0.3 is 4.90 Å². The zero-order valence-corrected chi connectivity index (χ0v) is 11.9. The molecule has 4 heteroatoms. The molecule has 2 heterocycles. The lowest BCUT2D eigenvalue weighted by Gasteiger charge is -2.26. The summed E-state index contributed by atoms with van der Waals surface area (Å²) in [4.78, 5) is 30.5. The molecule has 4 nitrogen and oxygen atoms in total. The van der Waals surface area contributed by atoms with Crippen LogP contribution in [-0.2, 0) is 4.79 Å². The molecule has 0 unspecified atom stereocenters. The highest BCUT2D eigenvalue weighted by Gasteiger charge is 2.20. The lowest BCUT2D eigenvalue weighted by molar-refractivity contribution is -0.131. The largest absolute Gasteiger partial charge is 0.342 e. The van der Waals surface area contributed by atoms with Crippen LogP contribution in [0.2, 0.25) is 0 Å². The maximum Gasteiger partial charge on any atom is 0.230 e. The van der Waals surface area contributed by atoms with Crippen LogP contribution in [0.15, 0.2) is 36.5 Å². The van der Waals surface area contributed by atoms with E-state index in [1.165, 1.54) is 6.42 Å². The van der Waals surface area contributed by atoms with Crippen molar-refractivity contribution in [2.45, 2.75) is 25.7 Å². The number of ketones is 1. The van der Waals surface area contributed by atoms with Crippen molar-refractivity contribution in [1.29, 1.82) is 0 Å². The van der Waals surface area contributed by atoms with Crippen LogP contribution < -0.4 is 0 Å². The monoisotopic (exact) mass is 282 g/mol. The number of hydrogen-bond acceptors (Lipinski definition) is 3. The Morgan fingerprint density at radius 1 is 1.10 bits per heavy atom. The number of aromatic nitrogens is 1. The minimum absolute atomic E-state index is 0.0555. The van der Waals surface area contributed by atoms with E-state index < -0.39 is 0 Å². The lowest BCUT2D eigenvalue weighted by Crippen LogP contribution is -2.36. The average molecular weight is 282 g/mol. The van der Waals surface area contributed by atoms with Crippen molar-refractivity contribution < 1.29 is 9.59 Å². The Morgan fingerprint density at radius 2 is 1.86 bits per heavy atom. The van der Waals surface area contributed by atoms with Crippen LogP contribution in [-0.4, -0.2) is 34.7 Å². The predicted molar refractivity (Wildman–Crippen MR) is 81.1 cm³/mol. The second-order valence-electron chi connectivity index (χ2n) is 5.46. The predicted octanol–water partition coefficient (Wildman–Crippen LogP) is 2.82. The van der Waals surface area contributed by atoms with E-state index in [9.17, 15) is 9.59 Å². The third-order valence-corrected chi connectivity index (χ3v) is 3.93. The van der Waals surface area contributed by atoms with E-state index >= 15 is 0 Å². The lowest BCUT2D eigenvalue weighted by atomic mass is 10.1. The molecule has 2 aromatic rings.